The largest absolute Gasteiger partial charge is 0.329 e. The molecule has 4 aromatic rings. The van der Waals surface area contributed by atoms with E-state index in [2.05, 4.69) is 50.9 Å². The molecule has 5 rings (SSSR count). The predicted molar refractivity (Wildman–Crippen MR) is 109 cm³/mol. The van der Waals surface area contributed by atoms with E-state index in [4.69, 9.17) is 0 Å². The highest BCUT2D eigenvalue weighted by Crippen LogP contribution is 2.24. The van der Waals surface area contributed by atoms with Crippen LogP contribution in [0.15, 0.2) is 61.1 Å². The number of carbonyl (C=O) groups is 1. The van der Waals surface area contributed by atoms with Crippen molar-refractivity contribution in [1.82, 2.24) is 29.0 Å². The highest BCUT2D eigenvalue weighted by molar-refractivity contribution is 5.94. The minimum absolute atomic E-state index is 0.00698. The summed E-state index contributed by atoms with van der Waals surface area (Å²) in [5.74, 6) is 1.85. The monoisotopic (exact) mass is 386 g/mol. The zero-order chi connectivity index (χ0) is 19.8. The van der Waals surface area contributed by atoms with Gasteiger partial charge in [0.1, 0.15) is 11.5 Å². The number of amides is 1. The maximum absolute atomic E-state index is 13.1. The van der Waals surface area contributed by atoms with Gasteiger partial charge in [-0.3, -0.25) is 4.79 Å². The molecule has 1 atom stereocenters. The van der Waals surface area contributed by atoms with E-state index in [0.717, 1.165) is 30.1 Å². The first-order valence-corrected chi connectivity index (χ1v) is 9.87. The maximum Gasteiger partial charge on any atom is 0.255 e. The number of fused-ring (bicyclic) bond motifs is 2. The third-order valence-electron chi connectivity index (χ3n) is 5.50. The van der Waals surface area contributed by atoms with E-state index in [1.165, 1.54) is 5.56 Å². The first kappa shape index (κ1) is 17.6. The van der Waals surface area contributed by atoms with E-state index in [-0.39, 0.29) is 11.9 Å². The minimum atomic E-state index is 0.00698. The summed E-state index contributed by atoms with van der Waals surface area (Å²) < 4.78 is 4.07. The Morgan fingerprint density at radius 1 is 1.10 bits per heavy atom. The van der Waals surface area contributed by atoms with E-state index in [1.807, 2.05) is 39.9 Å². The van der Waals surface area contributed by atoms with E-state index in [9.17, 15) is 4.79 Å². The van der Waals surface area contributed by atoms with Crippen molar-refractivity contribution in [2.24, 2.45) is 0 Å². The van der Waals surface area contributed by atoms with E-state index in [1.54, 1.807) is 6.20 Å². The van der Waals surface area contributed by atoms with Gasteiger partial charge in [0.2, 0.25) is 0 Å². The average molecular weight is 386 g/mol. The molecule has 1 aliphatic rings. The Morgan fingerprint density at radius 2 is 1.97 bits per heavy atom. The Balaban J connectivity index is 1.34. The molecule has 7 nitrogen and oxygen atoms in total. The van der Waals surface area contributed by atoms with Crippen molar-refractivity contribution in [2.75, 3.05) is 6.54 Å². The van der Waals surface area contributed by atoms with Crippen LogP contribution in [0.3, 0.4) is 0 Å². The van der Waals surface area contributed by atoms with Gasteiger partial charge in [0.25, 0.3) is 5.91 Å². The topological polar surface area (TPSA) is 68.3 Å². The summed E-state index contributed by atoms with van der Waals surface area (Å²) in [6.07, 6.45) is 7.18. The fourth-order valence-electron chi connectivity index (χ4n) is 4.07. The molecule has 4 heterocycles. The number of hydrogen-bond donors (Lipinski definition) is 0. The Bertz CT molecular complexity index is 1160. The van der Waals surface area contributed by atoms with Gasteiger partial charge in [-0.2, -0.15) is 0 Å². The molecule has 0 spiro atoms. The molecule has 0 unspecified atom stereocenters. The normalized spacial score (nSPS) is 16.2. The molecule has 3 aromatic heterocycles. The molecular weight excluding hydrogens is 364 g/mol. The van der Waals surface area contributed by atoms with Gasteiger partial charge in [0, 0.05) is 31.6 Å². The second kappa shape index (κ2) is 7.16. The molecule has 1 aromatic carbocycles. The van der Waals surface area contributed by atoms with Gasteiger partial charge < -0.3 is 13.9 Å². The Labute approximate surface area is 168 Å². The predicted octanol–water partition coefficient (Wildman–Crippen LogP) is 2.93. The summed E-state index contributed by atoms with van der Waals surface area (Å²) in [5.41, 5.74) is 2.77. The van der Waals surface area contributed by atoms with Crippen LogP contribution < -0.4 is 0 Å². The SMILES string of the molecule is C[C@H]1CN(C(=O)c2ccc3nccn3c2)Cc2nnc(CCc3ccccc3)n21. The van der Waals surface area contributed by atoms with E-state index < -0.39 is 0 Å². The van der Waals surface area contributed by atoms with Crippen LogP contribution in [0, 0.1) is 0 Å². The summed E-state index contributed by atoms with van der Waals surface area (Å²) in [6.45, 7) is 3.24. The highest BCUT2D eigenvalue weighted by Gasteiger charge is 2.29. The smallest absolute Gasteiger partial charge is 0.255 e. The molecule has 0 aliphatic carbocycles. The van der Waals surface area contributed by atoms with Crippen molar-refractivity contribution in [2.45, 2.75) is 32.4 Å². The quantitative estimate of drug-likeness (QED) is 0.541. The fraction of sp³-hybridized carbons (Fsp3) is 0.273. The van der Waals surface area contributed by atoms with Crippen molar-refractivity contribution in [3.8, 4) is 0 Å². The third-order valence-corrected chi connectivity index (χ3v) is 5.50. The van der Waals surface area contributed by atoms with Gasteiger partial charge in [-0.15, -0.1) is 10.2 Å². The molecule has 146 valence electrons. The molecule has 0 fully saturated rings. The lowest BCUT2D eigenvalue weighted by Crippen LogP contribution is -2.40. The van der Waals surface area contributed by atoms with E-state index in [0.29, 0.717) is 18.7 Å². The van der Waals surface area contributed by atoms with Crippen molar-refractivity contribution < 1.29 is 4.79 Å². The molecule has 1 amide bonds. The summed E-state index contributed by atoms with van der Waals surface area (Å²) in [4.78, 5) is 19.2. The lowest BCUT2D eigenvalue weighted by atomic mass is 10.1. The van der Waals surface area contributed by atoms with Gasteiger partial charge in [-0.25, -0.2) is 4.98 Å². The van der Waals surface area contributed by atoms with Crippen LogP contribution >= 0.6 is 0 Å². The molecule has 1 aliphatic heterocycles. The number of rotatable bonds is 4. The Kier molecular flexibility index (Phi) is 4.35. The number of aromatic nitrogens is 5. The van der Waals surface area contributed by atoms with Gasteiger partial charge >= 0.3 is 0 Å². The third kappa shape index (κ3) is 3.29. The van der Waals surface area contributed by atoms with E-state index >= 15 is 0 Å². The Morgan fingerprint density at radius 3 is 2.83 bits per heavy atom. The average Bonchev–Trinajstić information content (AvgIpc) is 3.39. The molecular formula is C22H22N6O. The number of aryl methyl sites for hydroxylation is 2. The number of imidazole rings is 1. The standard InChI is InChI=1S/C22H22N6O/c1-16-13-27(22(29)18-8-10-19-23-11-12-26(19)14-18)15-21-25-24-20(28(16)21)9-7-17-5-3-2-4-6-17/h2-6,8,10-12,14,16H,7,9,13,15H2,1H3/t16-/m0/s1. The van der Waals surface area contributed by atoms with Gasteiger partial charge in [0.15, 0.2) is 5.82 Å². The molecule has 7 heteroatoms. The van der Waals surface area contributed by atoms with Crippen molar-refractivity contribution in [1.29, 1.82) is 0 Å². The van der Waals surface area contributed by atoms with Crippen molar-refractivity contribution in [3.63, 3.8) is 0 Å². The first-order chi connectivity index (χ1) is 14.2. The highest BCUT2D eigenvalue weighted by atomic mass is 16.2. The van der Waals surface area contributed by atoms with Gasteiger partial charge in [-0.1, -0.05) is 30.3 Å². The molecule has 0 bridgehead atoms. The van der Waals surface area contributed by atoms with Crippen molar-refractivity contribution in [3.05, 3.63) is 83.8 Å². The molecule has 0 saturated heterocycles. The minimum Gasteiger partial charge on any atom is -0.329 e. The zero-order valence-corrected chi connectivity index (χ0v) is 16.3. The summed E-state index contributed by atoms with van der Waals surface area (Å²) in [5, 5.41) is 8.82. The molecule has 0 radical (unpaired) electrons. The molecule has 29 heavy (non-hydrogen) atoms. The Hall–Kier alpha value is -3.48. The number of carbonyl (C=O) groups excluding carboxylic acids is 1. The number of benzene rings is 1. The fourth-order valence-corrected chi connectivity index (χ4v) is 4.07. The van der Waals surface area contributed by atoms with Crippen LogP contribution in [-0.4, -0.2) is 41.5 Å². The molecule has 0 saturated carbocycles. The van der Waals surface area contributed by atoms with Crippen LogP contribution in [0.5, 0.6) is 0 Å². The maximum atomic E-state index is 13.1. The summed E-state index contributed by atoms with van der Waals surface area (Å²) in [7, 11) is 0. The lowest BCUT2D eigenvalue weighted by molar-refractivity contribution is 0.0679. The summed E-state index contributed by atoms with van der Waals surface area (Å²) in [6, 6.07) is 14.2. The first-order valence-electron chi connectivity index (χ1n) is 9.87. The lowest BCUT2D eigenvalue weighted by Gasteiger charge is -2.32. The second-order valence-corrected chi connectivity index (χ2v) is 7.53. The van der Waals surface area contributed by atoms with Gasteiger partial charge in [0.05, 0.1) is 18.2 Å². The van der Waals surface area contributed by atoms with Gasteiger partial charge in [-0.05, 0) is 31.0 Å². The van der Waals surface area contributed by atoms with Crippen LogP contribution in [0.4, 0.5) is 0 Å². The van der Waals surface area contributed by atoms with Crippen LogP contribution in [0.1, 0.15) is 40.5 Å². The van der Waals surface area contributed by atoms with Crippen LogP contribution in [-0.2, 0) is 19.4 Å². The number of pyridine rings is 1. The zero-order valence-electron chi connectivity index (χ0n) is 16.3. The summed E-state index contributed by atoms with van der Waals surface area (Å²) >= 11 is 0. The number of nitrogens with zero attached hydrogens (tertiary/aromatic N) is 6. The van der Waals surface area contributed by atoms with Crippen LogP contribution in [0.2, 0.25) is 0 Å². The molecule has 0 N–H and O–H groups in total. The van der Waals surface area contributed by atoms with Crippen LogP contribution in [0.25, 0.3) is 5.65 Å². The second-order valence-electron chi connectivity index (χ2n) is 7.53. The van der Waals surface area contributed by atoms with Crippen molar-refractivity contribution >= 4 is 11.6 Å². The number of hydrogen-bond acceptors (Lipinski definition) is 4.